The summed E-state index contributed by atoms with van der Waals surface area (Å²) < 4.78 is 4.62. The molecule has 0 amide bonds. The molecule has 0 fully saturated rings. The molecule has 3 aromatic rings. The number of halogens is 2. The van der Waals surface area contributed by atoms with E-state index in [1.54, 1.807) is 18.2 Å². The van der Waals surface area contributed by atoms with Gasteiger partial charge in [0.25, 0.3) is 0 Å². The van der Waals surface area contributed by atoms with Crippen molar-refractivity contribution in [1.82, 2.24) is 9.97 Å². The van der Waals surface area contributed by atoms with Crippen molar-refractivity contribution in [2.75, 3.05) is 12.4 Å². The number of nitrogens with zero attached hydrogens (tertiary/aromatic N) is 1. The summed E-state index contributed by atoms with van der Waals surface area (Å²) in [5.41, 5.74) is 1.58. The van der Waals surface area contributed by atoms with Gasteiger partial charge in [-0.2, -0.15) is 0 Å². The molecule has 0 aliphatic carbocycles. The van der Waals surface area contributed by atoms with Gasteiger partial charge in [-0.1, -0.05) is 29.3 Å². The number of anilines is 2. The minimum Gasteiger partial charge on any atom is -0.507 e. The minimum atomic E-state index is -0.636. The van der Waals surface area contributed by atoms with E-state index < -0.39 is 5.97 Å². The van der Waals surface area contributed by atoms with Gasteiger partial charge < -0.3 is 20.1 Å². The van der Waals surface area contributed by atoms with Gasteiger partial charge in [0, 0.05) is 6.07 Å². The summed E-state index contributed by atoms with van der Waals surface area (Å²) >= 11 is 12.2. The highest BCUT2D eigenvalue weighted by Crippen LogP contribution is 2.33. The zero-order valence-electron chi connectivity index (χ0n) is 11.9. The number of phenols is 1. The highest BCUT2D eigenvalue weighted by Gasteiger charge is 2.15. The van der Waals surface area contributed by atoms with Gasteiger partial charge in [-0.15, -0.1) is 0 Å². The summed E-state index contributed by atoms with van der Waals surface area (Å²) in [4.78, 5) is 18.9. The van der Waals surface area contributed by atoms with Gasteiger partial charge in [-0.25, -0.2) is 9.78 Å². The van der Waals surface area contributed by atoms with Crippen LogP contribution in [0.2, 0.25) is 10.0 Å². The number of hydrogen-bond donors (Lipinski definition) is 3. The number of methoxy groups -OCH3 is 1. The number of para-hydroxylation sites is 1. The molecule has 0 radical (unpaired) electrons. The topological polar surface area (TPSA) is 87.2 Å². The van der Waals surface area contributed by atoms with E-state index >= 15 is 0 Å². The fourth-order valence-corrected chi connectivity index (χ4v) is 2.61. The van der Waals surface area contributed by atoms with Gasteiger partial charge in [0.1, 0.15) is 11.3 Å². The molecule has 0 spiro atoms. The third-order valence-electron chi connectivity index (χ3n) is 3.21. The van der Waals surface area contributed by atoms with Gasteiger partial charge in [0.2, 0.25) is 5.95 Å². The Morgan fingerprint density at radius 3 is 2.65 bits per heavy atom. The molecular weight excluding hydrogens is 341 g/mol. The Morgan fingerprint density at radius 1 is 1.30 bits per heavy atom. The summed E-state index contributed by atoms with van der Waals surface area (Å²) in [6, 6.07) is 7.95. The van der Waals surface area contributed by atoms with Gasteiger partial charge >= 0.3 is 5.97 Å². The molecule has 0 saturated heterocycles. The van der Waals surface area contributed by atoms with Crippen LogP contribution in [0.25, 0.3) is 11.0 Å². The van der Waals surface area contributed by atoms with Gasteiger partial charge in [0.15, 0.2) is 0 Å². The second-order valence-electron chi connectivity index (χ2n) is 4.69. The number of H-pyrrole nitrogens is 1. The van der Waals surface area contributed by atoms with Crippen molar-refractivity contribution in [2.24, 2.45) is 0 Å². The first-order valence-electron chi connectivity index (χ1n) is 6.51. The number of rotatable bonds is 3. The summed E-state index contributed by atoms with van der Waals surface area (Å²) in [5.74, 6) is -0.475. The molecule has 2 aromatic carbocycles. The molecule has 118 valence electrons. The highest BCUT2D eigenvalue weighted by molar-refractivity contribution is 6.39. The van der Waals surface area contributed by atoms with Crippen LogP contribution in [0.4, 0.5) is 11.6 Å². The molecule has 0 unspecified atom stereocenters. The number of fused-ring (bicyclic) bond motifs is 1. The van der Waals surface area contributed by atoms with E-state index in [9.17, 15) is 9.90 Å². The maximum absolute atomic E-state index is 11.6. The number of ether oxygens (including phenoxy) is 1. The average Bonchev–Trinajstić information content (AvgIpc) is 2.91. The second kappa shape index (κ2) is 5.98. The van der Waals surface area contributed by atoms with Crippen LogP contribution in [0, 0.1) is 0 Å². The van der Waals surface area contributed by atoms with E-state index in [0.29, 0.717) is 32.7 Å². The number of esters is 1. The van der Waals surface area contributed by atoms with Crippen molar-refractivity contribution in [3.05, 3.63) is 45.9 Å². The predicted octanol–water partition coefficient (Wildman–Crippen LogP) is 4.11. The molecule has 6 nitrogen and oxygen atoms in total. The van der Waals surface area contributed by atoms with Crippen LogP contribution in [0.3, 0.4) is 0 Å². The first kappa shape index (κ1) is 15.5. The molecule has 1 heterocycles. The first-order chi connectivity index (χ1) is 11.0. The van der Waals surface area contributed by atoms with Crippen LogP contribution in [0.15, 0.2) is 30.3 Å². The van der Waals surface area contributed by atoms with E-state index in [1.165, 1.54) is 19.2 Å². The molecule has 3 N–H and O–H groups in total. The zero-order chi connectivity index (χ0) is 16.6. The number of aromatic hydroxyl groups is 1. The molecular formula is C15H11Cl2N3O3. The molecule has 3 rings (SSSR count). The number of hydrogen-bond acceptors (Lipinski definition) is 5. The summed E-state index contributed by atoms with van der Waals surface area (Å²) in [7, 11) is 1.24. The fourth-order valence-electron chi connectivity index (χ4n) is 2.11. The van der Waals surface area contributed by atoms with Crippen LogP contribution < -0.4 is 5.32 Å². The van der Waals surface area contributed by atoms with Gasteiger partial charge in [-0.05, 0) is 18.2 Å². The van der Waals surface area contributed by atoms with Crippen LogP contribution >= 0.6 is 23.2 Å². The lowest BCUT2D eigenvalue weighted by atomic mass is 10.2. The molecule has 1 aromatic heterocycles. The lowest BCUT2D eigenvalue weighted by Gasteiger charge is -2.06. The van der Waals surface area contributed by atoms with Crippen molar-refractivity contribution in [2.45, 2.75) is 0 Å². The number of aromatic amines is 1. The summed E-state index contributed by atoms with van der Waals surface area (Å²) in [6.07, 6.45) is 0. The van der Waals surface area contributed by atoms with Gasteiger partial charge in [-0.3, -0.25) is 0 Å². The maximum atomic E-state index is 11.6. The highest BCUT2D eigenvalue weighted by atomic mass is 35.5. The SMILES string of the molecule is COC(=O)c1cc2[nH]c(Nc3c(Cl)cccc3Cl)nc2cc1O. The summed E-state index contributed by atoms with van der Waals surface area (Å²) in [6.45, 7) is 0. The Labute approximate surface area is 141 Å². The molecule has 0 atom stereocenters. The number of imidazole rings is 1. The number of benzene rings is 2. The predicted molar refractivity (Wildman–Crippen MR) is 88.8 cm³/mol. The van der Waals surface area contributed by atoms with Crippen LogP contribution in [0.1, 0.15) is 10.4 Å². The van der Waals surface area contributed by atoms with Crippen LogP contribution in [-0.2, 0) is 4.74 Å². The quantitative estimate of drug-likeness (QED) is 0.618. The Morgan fingerprint density at radius 2 is 2.00 bits per heavy atom. The smallest absolute Gasteiger partial charge is 0.341 e. The zero-order valence-corrected chi connectivity index (χ0v) is 13.4. The standard InChI is InChI=1S/C15H11Cl2N3O3/c1-23-14(22)7-5-10-11(6-12(7)21)19-15(18-10)20-13-8(16)3-2-4-9(13)17/h2-6,21H,1H3,(H2,18,19,20). The van der Waals surface area contributed by atoms with Crippen molar-refractivity contribution in [1.29, 1.82) is 0 Å². The molecule has 23 heavy (non-hydrogen) atoms. The monoisotopic (exact) mass is 351 g/mol. The molecule has 0 saturated carbocycles. The number of aromatic nitrogens is 2. The van der Waals surface area contributed by atoms with E-state index in [2.05, 4.69) is 20.0 Å². The molecule has 8 heteroatoms. The number of carbonyl (C=O) groups excluding carboxylic acids is 1. The number of nitrogens with one attached hydrogen (secondary N) is 2. The summed E-state index contributed by atoms with van der Waals surface area (Å²) in [5, 5.41) is 13.7. The number of carbonyl (C=O) groups is 1. The Kier molecular flexibility index (Phi) is 4.02. The Hall–Kier alpha value is -2.44. The van der Waals surface area contributed by atoms with E-state index in [1.807, 2.05) is 0 Å². The minimum absolute atomic E-state index is 0.0472. The second-order valence-corrected chi connectivity index (χ2v) is 5.50. The third-order valence-corrected chi connectivity index (χ3v) is 3.84. The van der Waals surface area contributed by atoms with E-state index in [4.69, 9.17) is 23.2 Å². The molecule has 0 aliphatic heterocycles. The van der Waals surface area contributed by atoms with E-state index in [0.717, 1.165) is 0 Å². The average molecular weight is 352 g/mol. The molecule has 0 bridgehead atoms. The van der Waals surface area contributed by atoms with Crippen LogP contribution in [-0.4, -0.2) is 28.2 Å². The van der Waals surface area contributed by atoms with Crippen LogP contribution in [0.5, 0.6) is 5.75 Å². The largest absolute Gasteiger partial charge is 0.507 e. The normalized spacial score (nSPS) is 10.7. The van der Waals surface area contributed by atoms with Crippen molar-refractivity contribution in [3.8, 4) is 5.75 Å². The Bertz CT molecular complexity index is 888. The van der Waals surface area contributed by atoms with Gasteiger partial charge in [0.05, 0.1) is 33.9 Å². The third kappa shape index (κ3) is 2.91. The lowest BCUT2D eigenvalue weighted by molar-refractivity contribution is 0.0597. The van der Waals surface area contributed by atoms with Crippen molar-refractivity contribution >= 4 is 51.8 Å². The number of phenolic OH excluding ortho intramolecular Hbond substituents is 1. The van der Waals surface area contributed by atoms with Crippen molar-refractivity contribution in [3.63, 3.8) is 0 Å². The Balaban J connectivity index is 2.02. The van der Waals surface area contributed by atoms with Crippen molar-refractivity contribution < 1.29 is 14.6 Å². The fraction of sp³-hybridized carbons (Fsp3) is 0.0667. The van der Waals surface area contributed by atoms with E-state index in [-0.39, 0.29) is 11.3 Å². The molecule has 0 aliphatic rings. The first-order valence-corrected chi connectivity index (χ1v) is 7.27. The lowest BCUT2D eigenvalue weighted by Crippen LogP contribution is -2.01. The maximum Gasteiger partial charge on any atom is 0.341 e.